The molecule has 0 aliphatic rings. The van der Waals surface area contributed by atoms with Crippen LogP contribution in [0.5, 0.6) is 0 Å². The Kier molecular flexibility index (Phi) is 6.96. The number of rotatable bonds is 9. The van der Waals surface area contributed by atoms with Crippen molar-refractivity contribution < 1.29 is 21.6 Å². The highest BCUT2D eigenvalue weighted by Crippen LogP contribution is 2.29. The van der Waals surface area contributed by atoms with Crippen LogP contribution in [-0.4, -0.2) is 46.4 Å². The summed E-state index contributed by atoms with van der Waals surface area (Å²) in [6, 6.07) is 0. The average Bonchev–Trinajstić information content (AvgIpc) is 3.30. The number of sulfonamides is 1. The number of nitrogens with zero attached hydrogens (tertiary/aromatic N) is 5. The number of allylic oxidation sites excluding steroid dienone is 1. The minimum absolute atomic E-state index is 0.102. The number of hydrogen-bond acceptors (Lipinski definition) is 9. The van der Waals surface area contributed by atoms with E-state index in [-0.39, 0.29) is 23.9 Å². The number of hydrogen-bond donors (Lipinski definition) is 1. The van der Waals surface area contributed by atoms with Crippen LogP contribution < -0.4 is 5.73 Å². The lowest BCUT2D eigenvalue weighted by molar-refractivity contribution is 0.116. The summed E-state index contributed by atoms with van der Waals surface area (Å²) >= 11 is 1.05. The third kappa shape index (κ3) is 5.07. The van der Waals surface area contributed by atoms with Crippen molar-refractivity contribution in [2.45, 2.75) is 26.8 Å². The Morgan fingerprint density at radius 2 is 2.19 bits per heavy atom. The van der Waals surface area contributed by atoms with E-state index in [0.29, 0.717) is 16.4 Å². The molecule has 0 saturated carbocycles. The first-order valence-electron chi connectivity index (χ1n) is 7.81. The summed E-state index contributed by atoms with van der Waals surface area (Å²) in [5, 5.41) is 7.19. The van der Waals surface area contributed by atoms with E-state index in [4.69, 9.17) is 10.2 Å². The molecule has 13 heteroatoms. The molecule has 2 aromatic rings. The van der Waals surface area contributed by atoms with Crippen LogP contribution >= 0.6 is 11.3 Å². The van der Waals surface area contributed by atoms with Crippen LogP contribution in [0.3, 0.4) is 0 Å². The molecular formula is C14H18F2N6O3S2. The topological polar surface area (TPSA) is 128 Å². The highest BCUT2D eigenvalue weighted by molar-refractivity contribution is 7.89. The van der Waals surface area contributed by atoms with Gasteiger partial charge >= 0.3 is 6.43 Å². The van der Waals surface area contributed by atoms with Gasteiger partial charge in [0.2, 0.25) is 10.0 Å². The molecule has 0 radical (unpaired) electrons. The second-order valence-electron chi connectivity index (χ2n) is 4.99. The summed E-state index contributed by atoms with van der Waals surface area (Å²) in [6.07, 6.45) is 0.993. The molecule has 0 aliphatic heterocycles. The van der Waals surface area contributed by atoms with E-state index in [9.17, 15) is 17.2 Å². The molecular weight excluding hydrogens is 402 g/mol. The molecule has 2 heterocycles. The molecule has 9 nitrogen and oxygen atoms in total. The highest BCUT2D eigenvalue weighted by Gasteiger charge is 2.24. The van der Waals surface area contributed by atoms with Crippen molar-refractivity contribution in [2.24, 2.45) is 10.7 Å². The summed E-state index contributed by atoms with van der Waals surface area (Å²) in [5.74, 6) is -1.05. The van der Waals surface area contributed by atoms with Gasteiger partial charge in [0, 0.05) is 19.0 Å². The van der Waals surface area contributed by atoms with Gasteiger partial charge in [-0.15, -0.1) is 21.5 Å². The number of halogens is 2. The number of nitrogens with two attached hydrogens (primary N) is 1. The Balaban J connectivity index is 2.30. The molecule has 148 valence electrons. The van der Waals surface area contributed by atoms with Gasteiger partial charge in [-0.2, -0.15) is 8.78 Å². The Morgan fingerprint density at radius 3 is 2.74 bits per heavy atom. The molecule has 2 rings (SSSR count). The largest absolute Gasteiger partial charge is 0.414 e. The van der Waals surface area contributed by atoms with Crippen LogP contribution in [0.4, 0.5) is 8.78 Å². The van der Waals surface area contributed by atoms with Gasteiger partial charge < -0.3 is 10.2 Å². The second-order valence-corrected chi connectivity index (χ2v) is 8.29. The summed E-state index contributed by atoms with van der Waals surface area (Å²) in [7, 11) is -3.65. The molecule has 27 heavy (non-hydrogen) atoms. The van der Waals surface area contributed by atoms with Gasteiger partial charge in [-0.1, -0.05) is 0 Å². The monoisotopic (exact) mass is 420 g/mol. The molecule has 2 N–H and O–H groups in total. The van der Waals surface area contributed by atoms with E-state index < -0.39 is 22.3 Å². The highest BCUT2D eigenvalue weighted by atomic mass is 32.2. The third-order valence-corrected chi connectivity index (χ3v) is 5.95. The van der Waals surface area contributed by atoms with Crippen LogP contribution in [0.15, 0.2) is 27.5 Å². The number of aliphatic imine (C=N–C) groups is 1. The smallest absolute Gasteiger partial charge is 0.314 e. The molecule has 0 saturated heterocycles. The zero-order valence-corrected chi connectivity index (χ0v) is 16.2. The summed E-state index contributed by atoms with van der Waals surface area (Å²) in [4.78, 5) is 8.49. The van der Waals surface area contributed by atoms with Gasteiger partial charge in [-0.3, -0.25) is 9.30 Å². The average molecular weight is 420 g/mol. The zero-order chi connectivity index (χ0) is 20.0. The molecule has 0 amide bonds. The molecule has 0 fully saturated rings. The van der Waals surface area contributed by atoms with Crippen molar-refractivity contribution in [3.05, 3.63) is 29.0 Å². The molecule has 0 unspecified atom stereocenters. The van der Waals surface area contributed by atoms with E-state index in [2.05, 4.69) is 20.2 Å². The fourth-order valence-corrected chi connectivity index (χ4v) is 3.88. The SMILES string of the molecule is CCN=C/C(=C\N)N(Cc1ncc(-c2nnc(C(F)F)o2)s1)S(=O)(=O)CC. The van der Waals surface area contributed by atoms with Crippen molar-refractivity contribution in [1.82, 2.24) is 19.5 Å². The maximum Gasteiger partial charge on any atom is 0.314 e. The molecule has 0 aliphatic carbocycles. The lowest BCUT2D eigenvalue weighted by Gasteiger charge is -2.22. The lowest BCUT2D eigenvalue weighted by Crippen LogP contribution is -2.32. The maximum atomic E-state index is 12.6. The predicted octanol–water partition coefficient (Wildman–Crippen LogP) is 2.17. The fourth-order valence-electron chi connectivity index (χ4n) is 1.91. The van der Waals surface area contributed by atoms with Crippen LogP contribution in [0.2, 0.25) is 0 Å². The summed E-state index contributed by atoms with van der Waals surface area (Å²) in [5.41, 5.74) is 5.77. The summed E-state index contributed by atoms with van der Waals surface area (Å²) in [6.45, 7) is 3.66. The van der Waals surface area contributed by atoms with E-state index in [0.717, 1.165) is 21.8 Å². The Bertz CT molecular complexity index is 923. The number of thiazole rings is 1. The molecule has 0 spiro atoms. The van der Waals surface area contributed by atoms with Crippen LogP contribution in [-0.2, 0) is 16.6 Å². The molecule has 0 aromatic carbocycles. The van der Waals surface area contributed by atoms with Gasteiger partial charge in [-0.25, -0.2) is 13.4 Å². The predicted molar refractivity (Wildman–Crippen MR) is 96.7 cm³/mol. The van der Waals surface area contributed by atoms with Crippen LogP contribution in [0.1, 0.15) is 31.2 Å². The zero-order valence-electron chi connectivity index (χ0n) is 14.5. The molecule has 0 atom stereocenters. The first kappa shape index (κ1) is 20.9. The summed E-state index contributed by atoms with van der Waals surface area (Å²) < 4.78 is 56.0. The van der Waals surface area contributed by atoms with E-state index in [1.807, 2.05) is 0 Å². The van der Waals surface area contributed by atoms with E-state index in [1.165, 1.54) is 19.3 Å². The third-order valence-electron chi connectivity index (χ3n) is 3.24. The van der Waals surface area contributed by atoms with Crippen LogP contribution in [0.25, 0.3) is 10.8 Å². The van der Waals surface area contributed by atoms with Gasteiger partial charge in [0.05, 0.1) is 24.2 Å². The number of aromatic nitrogens is 3. The Morgan fingerprint density at radius 1 is 1.44 bits per heavy atom. The first-order chi connectivity index (χ1) is 12.8. The maximum absolute atomic E-state index is 12.6. The minimum atomic E-state index is -3.65. The van der Waals surface area contributed by atoms with Gasteiger partial charge in [0.1, 0.15) is 9.88 Å². The Labute approximate surface area is 158 Å². The van der Waals surface area contributed by atoms with Gasteiger partial charge in [0.15, 0.2) is 0 Å². The minimum Gasteiger partial charge on any atom is -0.414 e. The van der Waals surface area contributed by atoms with Crippen LogP contribution in [0, 0.1) is 0 Å². The Hall–Kier alpha value is -2.41. The second kappa shape index (κ2) is 8.99. The molecule has 0 bridgehead atoms. The quantitative estimate of drug-likeness (QED) is 0.616. The van der Waals surface area contributed by atoms with Gasteiger partial charge in [-0.05, 0) is 13.8 Å². The molecule has 2 aromatic heterocycles. The van der Waals surface area contributed by atoms with E-state index in [1.54, 1.807) is 6.92 Å². The standard InChI is InChI=1S/C14H18F2N6O3S2/c1-3-18-6-9(5-17)22(27(23,24)4-2)8-11-19-7-10(26-11)13-20-21-14(25-13)12(15)16/h5-7,12H,3-4,8,17H2,1-2H3/b9-5+,18-6?. The van der Waals surface area contributed by atoms with Crippen molar-refractivity contribution >= 4 is 27.6 Å². The lowest BCUT2D eigenvalue weighted by atomic mass is 10.4. The first-order valence-corrected chi connectivity index (χ1v) is 10.2. The van der Waals surface area contributed by atoms with Crippen molar-refractivity contribution in [3.8, 4) is 10.8 Å². The fraction of sp³-hybridized carbons (Fsp3) is 0.429. The van der Waals surface area contributed by atoms with Crippen molar-refractivity contribution in [2.75, 3.05) is 12.3 Å². The van der Waals surface area contributed by atoms with Crippen molar-refractivity contribution in [3.63, 3.8) is 0 Å². The van der Waals surface area contributed by atoms with Gasteiger partial charge in [0.25, 0.3) is 11.8 Å². The van der Waals surface area contributed by atoms with E-state index >= 15 is 0 Å². The number of alkyl halides is 2. The normalized spacial score (nSPS) is 13.0. The van der Waals surface area contributed by atoms with Crippen molar-refractivity contribution in [1.29, 1.82) is 0 Å².